The van der Waals surface area contributed by atoms with Crippen LogP contribution in [0.4, 0.5) is 20.6 Å². The number of urea groups is 1. The zero-order chi connectivity index (χ0) is 26.5. The molecule has 3 rings (SSSR count). The summed E-state index contributed by atoms with van der Waals surface area (Å²) in [6.07, 6.45) is 2.88. The Bertz CT molecular complexity index is 1250. The van der Waals surface area contributed by atoms with Crippen LogP contribution in [0.5, 0.6) is 11.8 Å². The molecule has 0 spiro atoms. The first-order valence-electron chi connectivity index (χ1n) is 11.0. The molecule has 9 nitrogen and oxygen atoms in total. The molecule has 0 atom stereocenters. The van der Waals surface area contributed by atoms with Gasteiger partial charge in [-0.15, -0.1) is 0 Å². The Kier molecular flexibility index (Phi) is 8.31. The first kappa shape index (κ1) is 26.7. The van der Waals surface area contributed by atoms with Gasteiger partial charge in [0.25, 0.3) is 0 Å². The smallest absolute Gasteiger partial charge is 0.323 e. The van der Waals surface area contributed by atoms with Crippen molar-refractivity contribution in [1.29, 1.82) is 0 Å². The number of rotatable bonds is 9. The molecule has 0 saturated carbocycles. The number of amides is 2. The Balaban J connectivity index is 1.76. The number of benzene rings is 2. The monoisotopic (exact) mass is 516 g/mol. The number of ether oxygens (including phenoxy) is 2. The predicted molar refractivity (Wildman–Crippen MR) is 134 cm³/mol. The van der Waals surface area contributed by atoms with E-state index in [1.807, 2.05) is 13.8 Å². The van der Waals surface area contributed by atoms with Crippen molar-refractivity contribution < 1.29 is 28.6 Å². The van der Waals surface area contributed by atoms with E-state index in [2.05, 4.69) is 20.6 Å². The number of carbonyl (C=O) groups excluding carboxylic acids is 1. The zero-order valence-corrected chi connectivity index (χ0v) is 20.9. The van der Waals surface area contributed by atoms with E-state index >= 15 is 0 Å². The van der Waals surface area contributed by atoms with Gasteiger partial charge in [0.05, 0.1) is 22.9 Å². The van der Waals surface area contributed by atoms with Crippen LogP contribution >= 0.6 is 11.6 Å². The van der Waals surface area contributed by atoms with Crippen LogP contribution in [-0.4, -0.2) is 39.8 Å². The van der Waals surface area contributed by atoms with Crippen molar-refractivity contribution in [2.24, 2.45) is 5.41 Å². The standard InChI is InChI=1S/C25H26ClFN4O5/c1-14(2)36-21-9-15(16-11-28-24(29-12-16)35-13-25(3,4)22(32)33)5-7-20(21)31-23(34)30-19-8-6-17(26)10-18(19)27/h5-12,14H,13H2,1-4H3,(H,32,33)(H2,30,31,34). The van der Waals surface area contributed by atoms with Gasteiger partial charge in [-0.05, 0) is 63.6 Å². The van der Waals surface area contributed by atoms with Gasteiger partial charge < -0.3 is 25.2 Å². The quantitative estimate of drug-likeness (QED) is 0.325. The van der Waals surface area contributed by atoms with Gasteiger partial charge in [0.1, 0.15) is 18.2 Å². The number of anilines is 2. The number of aromatic nitrogens is 2. The Labute approximate surface area is 212 Å². The van der Waals surface area contributed by atoms with Crippen LogP contribution in [0.15, 0.2) is 48.8 Å². The molecule has 2 amide bonds. The lowest BCUT2D eigenvalue weighted by molar-refractivity contribution is -0.148. The Morgan fingerprint density at radius 3 is 2.31 bits per heavy atom. The number of carbonyl (C=O) groups is 2. The highest BCUT2D eigenvalue weighted by Gasteiger charge is 2.28. The van der Waals surface area contributed by atoms with E-state index in [0.717, 1.165) is 6.07 Å². The molecule has 0 radical (unpaired) electrons. The molecular weight excluding hydrogens is 491 g/mol. The largest absolute Gasteiger partial charge is 0.489 e. The fourth-order valence-corrected chi connectivity index (χ4v) is 3.03. The Hall–Kier alpha value is -3.92. The highest BCUT2D eigenvalue weighted by atomic mass is 35.5. The maximum atomic E-state index is 14.0. The van der Waals surface area contributed by atoms with Crippen molar-refractivity contribution in [2.45, 2.75) is 33.8 Å². The van der Waals surface area contributed by atoms with Gasteiger partial charge in [-0.25, -0.2) is 19.2 Å². The number of halogens is 2. The predicted octanol–water partition coefficient (Wildman–Crippen LogP) is 5.86. The molecule has 0 bridgehead atoms. The molecule has 3 N–H and O–H groups in total. The summed E-state index contributed by atoms with van der Waals surface area (Å²) in [5, 5.41) is 14.5. The maximum Gasteiger partial charge on any atom is 0.323 e. The number of nitrogens with zero attached hydrogens (tertiary/aromatic N) is 2. The Morgan fingerprint density at radius 2 is 1.69 bits per heavy atom. The topological polar surface area (TPSA) is 123 Å². The maximum absolute atomic E-state index is 14.0. The molecule has 36 heavy (non-hydrogen) atoms. The average molecular weight is 517 g/mol. The molecule has 0 unspecified atom stereocenters. The first-order chi connectivity index (χ1) is 16.9. The third-order valence-corrected chi connectivity index (χ3v) is 5.11. The van der Waals surface area contributed by atoms with Crippen molar-refractivity contribution in [3.63, 3.8) is 0 Å². The summed E-state index contributed by atoms with van der Waals surface area (Å²) in [7, 11) is 0. The number of carboxylic acid groups (broad SMARTS) is 1. The minimum Gasteiger partial charge on any atom is -0.489 e. The first-order valence-corrected chi connectivity index (χ1v) is 11.3. The number of nitrogens with one attached hydrogen (secondary N) is 2. The van der Waals surface area contributed by atoms with Gasteiger partial charge in [0, 0.05) is 23.0 Å². The van der Waals surface area contributed by atoms with Crippen molar-refractivity contribution in [3.8, 4) is 22.9 Å². The van der Waals surface area contributed by atoms with Crippen LogP contribution < -0.4 is 20.1 Å². The fraction of sp³-hybridized carbons (Fsp3) is 0.280. The highest BCUT2D eigenvalue weighted by molar-refractivity contribution is 6.30. The molecule has 2 aromatic carbocycles. The summed E-state index contributed by atoms with van der Waals surface area (Å²) >= 11 is 5.75. The molecule has 0 fully saturated rings. The van der Waals surface area contributed by atoms with Crippen LogP contribution in [-0.2, 0) is 4.79 Å². The molecule has 1 aromatic heterocycles. The van der Waals surface area contributed by atoms with Gasteiger partial charge in [0.2, 0.25) is 0 Å². The van der Waals surface area contributed by atoms with Crippen molar-refractivity contribution in [1.82, 2.24) is 9.97 Å². The molecule has 3 aromatic rings. The van der Waals surface area contributed by atoms with Crippen LogP contribution in [0, 0.1) is 11.2 Å². The minimum absolute atomic E-state index is 0.0222. The van der Waals surface area contributed by atoms with Crippen molar-refractivity contribution >= 4 is 35.0 Å². The summed E-state index contributed by atoms with van der Waals surface area (Å²) in [6, 6.07) is 8.41. The molecule has 1 heterocycles. The molecule has 11 heteroatoms. The molecule has 0 aliphatic rings. The van der Waals surface area contributed by atoms with Gasteiger partial charge in [-0.1, -0.05) is 17.7 Å². The zero-order valence-electron chi connectivity index (χ0n) is 20.1. The second-order valence-electron chi connectivity index (χ2n) is 8.81. The van der Waals surface area contributed by atoms with E-state index in [1.54, 1.807) is 32.0 Å². The van der Waals surface area contributed by atoms with Gasteiger partial charge in [-0.2, -0.15) is 0 Å². The molecular formula is C25H26ClFN4O5. The van der Waals surface area contributed by atoms with Gasteiger partial charge >= 0.3 is 18.0 Å². The second kappa shape index (κ2) is 11.2. The molecule has 0 saturated heterocycles. The fourth-order valence-electron chi connectivity index (χ4n) is 2.87. The second-order valence-corrected chi connectivity index (χ2v) is 9.25. The number of hydrogen-bond acceptors (Lipinski definition) is 6. The van der Waals surface area contributed by atoms with E-state index in [-0.39, 0.29) is 29.4 Å². The van der Waals surface area contributed by atoms with E-state index < -0.39 is 23.2 Å². The molecule has 190 valence electrons. The summed E-state index contributed by atoms with van der Waals surface area (Å²) in [5.41, 5.74) is 0.618. The lowest BCUT2D eigenvalue weighted by atomic mass is 9.95. The summed E-state index contributed by atoms with van der Waals surface area (Å²) in [5.74, 6) is -1.26. The van der Waals surface area contributed by atoms with Gasteiger partial charge in [-0.3, -0.25) is 4.79 Å². The lowest BCUT2D eigenvalue weighted by Gasteiger charge is -2.18. The van der Waals surface area contributed by atoms with Crippen LogP contribution in [0.3, 0.4) is 0 Å². The van der Waals surface area contributed by atoms with Crippen LogP contribution in [0.1, 0.15) is 27.7 Å². The van der Waals surface area contributed by atoms with Gasteiger partial charge in [0.15, 0.2) is 0 Å². The van der Waals surface area contributed by atoms with E-state index in [9.17, 15) is 19.1 Å². The van der Waals surface area contributed by atoms with Crippen LogP contribution in [0.25, 0.3) is 11.1 Å². The summed E-state index contributed by atoms with van der Waals surface area (Å²) in [6.45, 7) is 6.68. The SMILES string of the molecule is CC(C)Oc1cc(-c2cnc(OCC(C)(C)C(=O)O)nc2)ccc1NC(=O)Nc1ccc(Cl)cc1F. The molecule has 0 aliphatic heterocycles. The van der Waals surface area contributed by atoms with Crippen molar-refractivity contribution in [3.05, 3.63) is 59.6 Å². The lowest BCUT2D eigenvalue weighted by Crippen LogP contribution is -2.31. The van der Waals surface area contributed by atoms with Crippen LogP contribution in [0.2, 0.25) is 5.02 Å². The van der Waals surface area contributed by atoms with E-state index in [0.29, 0.717) is 22.6 Å². The summed E-state index contributed by atoms with van der Waals surface area (Å²) < 4.78 is 25.3. The normalized spacial score (nSPS) is 11.2. The third kappa shape index (κ3) is 7.05. The average Bonchev–Trinajstić information content (AvgIpc) is 2.80. The number of carboxylic acids is 1. The van der Waals surface area contributed by atoms with E-state index in [1.165, 1.54) is 24.5 Å². The molecule has 0 aliphatic carbocycles. The number of hydrogen-bond donors (Lipinski definition) is 3. The summed E-state index contributed by atoms with van der Waals surface area (Å²) in [4.78, 5) is 32.0. The third-order valence-electron chi connectivity index (χ3n) is 4.87. The Morgan fingerprint density at radius 1 is 1.06 bits per heavy atom. The van der Waals surface area contributed by atoms with Crippen molar-refractivity contribution in [2.75, 3.05) is 17.2 Å². The number of aliphatic carboxylic acids is 1. The highest BCUT2D eigenvalue weighted by Crippen LogP contribution is 2.32. The van der Waals surface area contributed by atoms with E-state index in [4.69, 9.17) is 21.1 Å². The minimum atomic E-state index is -1.08.